The first-order valence-corrected chi connectivity index (χ1v) is 12.2. The maximum absolute atomic E-state index is 13.4. The van der Waals surface area contributed by atoms with E-state index < -0.39 is 29.5 Å². The minimum atomic E-state index is -0.801. The van der Waals surface area contributed by atoms with Crippen LogP contribution in [-0.2, 0) is 26.2 Å². The van der Waals surface area contributed by atoms with E-state index in [0.29, 0.717) is 31.2 Å². The second-order valence-corrected chi connectivity index (χ2v) is 10.0. The molecule has 2 N–H and O–H groups in total. The molecule has 0 spiro atoms. The van der Waals surface area contributed by atoms with Gasteiger partial charge >= 0.3 is 0 Å². The van der Waals surface area contributed by atoms with E-state index in [1.807, 2.05) is 6.92 Å². The molecule has 2 aromatic rings. The zero-order valence-corrected chi connectivity index (χ0v) is 20.5. The summed E-state index contributed by atoms with van der Waals surface area (Å²) < 4.78 is 32.2. The van der Waals surface area contributed by atoms with Gasteiger partial charge in [-0.3, -0.25) is 19.8 Å². The monoisotopic (exact) mass is 495 g/mol. The topological polar surface area (TPSA) is 96.5 Å². The predicted molar refractivity (Wildman–Crippen MR) is 126 cm³/mol. The van der Waals surface area contributed by atoms with Crippen molar-refractivity contribution in [3.05, 3.63) is 40.4 Å². The maximum atomic E-state index is 13.4. The Hall–Kier alpha value is -2.50. The first kappa shape index (κ1) is 26.1. The van der Waals surface area contributed by atoms with E-state index in [-0.39, 0.29) is 17.4 Å². The molecule has 1 aromatic carbocycles. The summed E-state index contributed by atoms with van der Waals surface area (Å²) >= 11 is 1.31. The van der Waals surface area contributed by atoms with Crippen LogP contribution in [0.1, 0.15) is 44.2 Å². The third kappa shape index (κ3) is 7.51. The highest BCUT2D eigenvalue weighted by Gasteiger charge is 2.30. The summed E-state index contributed by atoms with van der Waals surface area (Å²) in [6.45, 7) is 10.0. The number of nitrogens with one attached hydrogen (secondary N) is 2. The molecule has 11 heteroatoms. The third-order valence-electron chi connectivity index (χ3n) is 5.47. The number of amides is 2. The van der Waals surface area contributed by atoms with Crippen LogP contribution in [0.4, 0.5) is 13.9 Å². The van der Waals surface area contributed by atoms with Crippen molar-refractivity contribution in [3.8, 4) is 0 Å². The lowest BCUT2D eigenvalue weighted by molar-refractivity contribution is -0.126. The van der Waals surface area contributed by atoms with Gasteiger partial charge in [-0.1, -0.05) is 38.5 Å². The molecule has 0 bridgehead atoms. The first-order valence-electron chi connectivity index (χ1n) is 11.4. The number of morpholine rings is 1. The maximum Gasteiger partial charge on any atom is 0.248 e. The quantitative estimate of drug-likeness (QED) is 0.526. The summed E-state index contributed by atoms with van der Waals surface area (Å²) in [5, 5.41) is 15.0. The first-order chi connectivity index (χ1) is 16.2. The second kappa shape index (κ2) is 11.8. The van der Waals surface area contributed by atoms with Gasteiger partial charge in [0.15, 0.2) is 0 Å². The number of benzene rings is 1. The Morgan fingerprint density at radius 2 is 1.85 bits per heavy atom. The third-order valence-corrected chi connectivity index (χ3v) is 6.68. The standard InChI is InChI=1S/C23H31F2N5O3S/c1-4-5-18(26-19(31)12-15-10-16(24)13-17(25)11-15)20(32)27-22-29-28-21(34-22)23(2,3)14-30-6-8-33-9-7-30/h10-11,13,18H,4-9,12,14H2,1-3H3,(H,26,31)(H,27,29,32). The average molecular weight is 496 g/mol. The minimum Gasteiger partial charge on any atom is -0.379 e. The van der Waals surface area contributed by atoms with Crippen molar-refractivity contribution >= 4 is 28.3 Å². The number of carbonyl (C=O) groups excluding carboxylic acids is 2. The Labute approximate surface area is 202 Å². The van der Waals surface area contributed by atoms with Crippen molar-refractivity contribution < 1.29 is 23.1 Å². The highest BCUT2D eigenvalue weighted by Crippen LogP contribution is 2.29. The van der Waals surface area contributed by atoms with Gasteiger partial charge in [0, 0.05) is 31.1 Å². The van der Waals surface area contributed by atoms with Gasteiger partial charge in [-0.25, -0.2) is 8.78 Å². The zero-order valence-electron chi connectivity index (χ0n) is 19.7. The van der Waals surface area contributed by atoms with Gasteiger partial charge in [0.1, 0.15) is 22.7 Å². The highest BCUT2D eigenvalue weighted by molar-refractivity contribution is 7.15. The lowest BCUT2D eigenvalue weighted by Crippen LogP contribution is -2.44. The van der Waals surface area contributed by atoms with Crippen LogP contribution in [0.25, 0.3) is 0 Å². The number of nitrogens with zero attached hydrogens (tertiary/aromatic N) is 3. The zero-order chi connectivity index (χ0) is 24.7. The fraction of sp³-hybridized carbons (Fsp3) is 0.565. The van der Waals surface area contributed by atoms with Crippen LogP contribution in [0.5, 0.6) is 0 Å². The Balaban J connectivity index is 1.59. The summed E-state index contributed by atoms with van der Waals surface area (Å²) in [5.41, 5.74) is -0.0585. The Morgan fingerprint density at radius 3 is 2.50 bits per heavy atom. The molecule has 34 heavy (non-hydrogen) atoms. The van der Waals surface area contributed by atoms with E-state index in [2.05, 4.69) is 39.6 Å². The van der Waals surface area contributed by atoms with Gasteiger partial charge < -0.3 is 10.1 Å². The van der Waals surface area contributed by atoms with E-state index in [9.17, 15) is 18.4 Å². The molecule has 1 aromatic heterocycles. The largest absolute Gasteiger partial charge is 0.379 e. The number of ether oxygens (including phenoxy) is 1. The molecular formula is C23H31F2N5O3S. The fourth-order valence-corrected chi connectivity index (χ4v) is 4.67. The van der Waals surface area contributed by atoms with Crippen molar-refractivity contribution in [2.45, 2.75) is 51.5 Å². The predicted octanol–water partition coefficient (Wildman–Crippen LogP) is 2.89. The molecule has 1 atom stereocenters. The van der Waals surface area contributed by atoms with Gasteiger partial charge in [0.05, 0.1) is 19.6 Å². The van der Waals surface area contributed by atoms with E-state index in [1.165, 1.54) is 11.3 Å². The Morgan fingerprint density at radius 1 is 1.18 bits per heavy atom. The van der Waals surface area contributed by atoms with Crippen molar-refractivity contribution in [2.24, 2.45) is 0 Å². The summed E-state index contributed by atoms with van der Waals surface area (Å²) in [6, 6.07) is 2.13. The van der Waals surface area contributed by atoms with Crippen LogP contribution in [0.2, 0.25) is 0 Å². The molecule has 186 valence electrons. The van der Waals surface area contributed by atoms with Crippen LogP contribution in [0, 0.1) is 11.6 Å². The summed E-state index contributed by atoms with van der Waals surface area (Å²) in [6.07, 6.45) is 0.824. The molecule has 1 unspecified atom stereocenters. The van der Waals surface area contributed by atoms with Gasteiger partial charge in [0.2, 0.25) is 16.9 Å². The minimum absolute atomic E-state index is 0.196. The fourth-order valence-electron chi connectivity index (χ4n) is 3.83. The molecule has 2 amide bonds. The van der Waals surface area contributed by atoms with E-state index in [4.69, 9.17) is 4.74 Å². The summed E-state index contributed by atoms with van der Waals surface area (Å²) in [7, 11) is 0. The van der Waals surface area contributed by atoms with Crippen molar-refractivity contribution in [2.75, 3.05) is 38.2 Å². The lowest BCUT2D eigenvalue weighted by atomic mass is 9.93. The molecule has 1 aliphatic rings. The molecule has 8 nitrogen and oxygen atoms in total. The van der Waals surface area contributed by atoms with Crippen LogP contribution in [0.15, 0.2) is 18.2 Å². The lowest BCUT2D eigenvalue weighted by Gasteiger charge is -2.33. The summed E-state index contributed by atoms with van der Waals surface area (Å²) in [4.78, 5) is 27.6. The normalized spacial score (nSPS) is 15.7. The van der Waals surface area contributed by atoms with Crippen molar-refractivity contribution in [1.82, 2.24) is 20.4 Å². The van der Waals surface area contributed by atoms with Crippen LogP contribution < -0.4 is 10.6 Å². The molecule has 1 saturated heterocycles. The number of hydrogen-bond donors (Lipinski definition) is 2. The van der Waals surface area contributed by atoms with E-state index in [0.717, 1.165) is 42.8 Å². The van der Waals surface area contributed by atoms with Crippen LogP contribution in [0.3, 0.4) is 0 Å². The molecule has 0 saturated carbocycles. The SMILES string of the molecule is CCCC(NC(=O)Cc1cc(F)cc(F)c1)C(=O)Nc1nnc(C(C)(C)CN2CCOCC2)s1. The Bertz CT molecular complexity index is 974. The van der Waals surface area contributed by atoms with Crippen LogP contribution in [-0.4, -0.2) is 65.8 Å². The number of hydrogen-bond acceptors (Lipinski definition) is 7. The highest BCUT2D eigenvalue weighted by atomic mass is 32.1. The number of halogens is 2. The molecule has 1 fully saturated rings. The average Bonchev–Trinajstić information content (AvgIpc) is 3.22. The molecular weight excluding hydrogens is 464 g/mol. The number of carbonyl (C=O) groups is 2. The number of rotatable bonds is 10. The van der Waals surface area contributed by atoms with Crippen LogP contribution >= 0.6 is 11.3 Å². The molecule has 2 heterocycles. The van der Waals surface area contributed by atoms with Crippen molar-refractivity contribution in [3.63, 3.8) is 0 Å². The molecule has 0 aliphatic carbocycles. The molecule has 3 rings (SSSR count). The Kier molecular flexibility index (Phi) is 9.03. The van der Waals surface area contributed by atoms with Gasteiger partial charge in [-0.15, -0.1) is 10.2 Å². The molecule has 1 aliphatic heterocycles. The summed E-state index contributed by atoms with van der Waals surface area (Å²) in [5.74, 6) is -2.42. The second-order valence-electron chi connectivity index (χ2n) is 9.04. The molecule has 0 radical (unpaired) electrons. The van der Waals surface area contributed by atoms with Gasteiger partial charge in [-0.05, 0) is 24.1 Å². The van der Waals surface area contributed by atoms with Gasteiger partial charge in [0.25, 0.3) is 0 Å². The van der Waals surface area contributed by atoms with E-state index >= 15 is 0 Å². The smallest absolute Gasteiger partial charge is 0.248 e. The number of anilines is 1. The number of aromatic nitrogens is 2. The van der Waals surface area contributed by atoms with E-state index in [1.54, 1.807) is 0 Å². The van der Waals surface area contributed by atoms with Gasteiger partial charge in [-0.2, -0.15) is 0 Å². The van der Waals surface area contributed by atoms with Crippen molar-refractivity contribution in [1.29, 1.82) is 0 Å².